The van der Waals surface area contributed by atoms with E-state index in [2.05, 4.69) is 20.8 Å². The smallest absolute Gasteiger partial charge is 0.338 e. The molecule has 262 valence electrons. The zero-order valence-corrected chi connectivity index (χ0v) is 30.7. The molecule has 0 bridgehead atoms. The highest BCUT2D eigenvalue weighted by Gasteiger charge is 2.20. The van der Waals surface area contributed by atoms with Gasteiger partial charge in [-0.15, -0.1) is 0 Å². The van der Waals surface area contributed by atoms with Crippen LogP contribution in [0.3, 0.4) is 0 Å². The van der Waals surface area contributed by atoms with Crippen LogP contribution in [0.1, 0.15) is 102 Å². The molecular weight excluding hydrogens is 634 g/mol. The third-order valence-electron chi connectivity index (χ3n) is 8.73. The lowest BCUT2D eigenvalue weighted by Gasteiger charge is -2.24. The molecule has 0 aliphatic carbocycles. The van der Waals surface area contributed by atoms with Crippen LogP contribution < -0.4 is 0 Å². The minimum Gasteiger partial charge on any atom is -0.457 e. The molecule has 0 aliphatic rings. The summed E-state index contributed by atoms with van der Waals surface area (Å²) in [5, 5.41) is 0. The second-order valence-electron chi connectivity index (χ2n) is 14.5. The molecule has 0 N–H and O–H groups in total. The van der Waals surface area contributed by atoms with Gasteiger partial charge < -0.3 is 14.4 Å². The topological polar surface area (TPSA) is 72.9 Å². The van der Waals surface area contributed by atoms with Crippen molar-refractivity contribution in [2.75, 3.05) is 0 Å². The Morgan fingerprint density at radius 1 is 0.490 bits per heavy atom. The summed E-state index contributed by atoms with van der Waals surface area (Å²) in [6.45, 7) is 15.4. The first-order chi connectivity index (χ1) is 24.2. The molecule has 5 aromatic carbocycles. The largest absolute Gasteiger partial charge is 0.457 e. The molecule has 51 heavy (non-hydrogen) atoms. The summed E-state index contributed by atoms with van der Waals surface area (Å²) in [5.74, 6) is -0.787. The van der Waals surface area contributed by atoms with Crippen molar-refractivity contribution < 1.29 is 23.9 Å². The van der Waals surface area contributed by atoms with E-state index in [-0.39, 0.29) is 36.5 Å². The molecule has 0 spiro atoms. The van der Waals surface area contributed by atoms with Crippen LogP contribution in [0.5, 0.6) is 0 Å². The Kier molecular flexibility index (Phi) is 11.6. The molecule has 0 aliphatic heterocycles. The van der Waals surface area contributed by atoms with Gasteiger partial charge in [0.2, 0.25) is 0 Å². The Labute approximate surface area is 302 Å². The second kappa shape index (κ2) is 16.0. The third-order valence-corrected chi connectivity index (χ3v) is 8.73. The molecule has 0 aromatic heterocycles. The monoisotopic (exact) mass is 681 g/mol. The van der Waals surface area contributed by atoms with Crippen LogP contribution in [-0.4, -0.2) is 22.7 Å². The maximum Gasteiger partial charge on any atom is 0.338 e. The van der Waals surface area contributed by atoms with Crippen LogP contribution in [0.25, 0.3) is 0 Å². The number of aryl methyl sites for hydroxylation is 4. The van der Waals surface area contributed by atoms with E-state index in [0.717, 1.165) is 50.1 Å². The summed E-state index contributed by atoms with van der Waals surface area (Å²) in [6, 6.07) is 34.8. The van der Waals surface area contributed by atoms with Gasteiger partial charge in [-0.1, -0.05) is 116 Å². The first kappa shape index (κ1) is 36.8. The van der Waals surface area contributed by atoms with E-state index in [1.165, 1.54) is 0 Å². The second-order valence-corrected chi connectivity index (χ2v) is 14.5. The predicted octanol–water partition coefficient (Wildman–Crippen LogP) is 9.77. The summed E-state index contributed by atoms with van der Waals surface area (Å²) in [4.78, 5) is 41.2. The number of amides is 1. The number of carbonyl (C=O) groups is 3. The molecule has 0 radical (unpaired) electrons. The summed E-state index contributed by atoms with van der Waals surface area (Å²) in [6.07, 6.45) is 0. The third kappa shape index (κ3) is 10.3. The van der Waals surface area contributed by atoms with Gasteiger partial charge in [0.15, 0.2) is 0 Å². The zero-order valence-electron chi connectivity index (χ0n) is 30.7. The molecule has 0 atom stereocenters. The van der Waals surface area contributed by atoms with Crippen molar-refractivity contribution in [3.05, 3.63) is 176 Å². The number of ether oxygens (including phenoxy) is 2. The van der Waals surface area contributed by atoms with Gasteiger partial charge >= 0.3 is 11.9 Å². The summed E-state index contributed by atoms with van der Waals surface area (Å²) in [5.41, 5.74) is 10.5. The Balaban J connectivity index is 1.27. The molecular formula is C45H47NO5. The minimum atomic E-state index is -0.356. The number of hydrogen-bond donors (Lipinski definition) is 0. The number of nitrogens with zero attached hydrogens (tertiary/aromatic N) is 1. The van der Waals surface area contributed by atoms with E-state index in [9.17, 15) is 14.4 Å². The highest BCUT2D eigenvalue weighted by atomic mass is 16.5. The van der Waals surface area contributed by atoms with Gasteiger partial charge in [-0.25, -0.2) is 9.59 Å². The van der Waals surface area contributed by atoms with Gasteiger partial charge in [-0.3, -0.25) is 4.79 Å². The standard InChI is InChI=1S/C45H47NO5/c1-30-20-31(2)23-39(22-30)43(48)50-28-36-12-8-34(9-13-36)26-46(42(47)38-16-18-41(19-17-38)45(5,6)7)27-35-10-14-37(15-11-35)29-51-44(49)40-24-32(3)21-33(4)25-40/h8-25H,26-29H2,1-7H3. The minimum absolute atomic E-state index is 0.0224. The van der Waals surface area contributed by atoms with Gasteiger partial charge in [-0.05, 0) is 97.3 Å². The van der Waals surface area contributed by atoms with Crippen LogP contribution in [0, 0.1) is 27.7 Å². The average molecular weight is 682 g/mol. The fourth-order valence-corrected chi connectivity index (χ4v) is 6.07. The maximum atomic E-state index is 14.0. The van der Waals surface area contributed by atoms with Crippen LogP contribution in [-0.2, 0) is 41.2 Å². The quantitative estimate of drug-likeness (QED) is 0.130. The summed E-state index contributed by atoms with van der Waals surface area (Å²) >= 11 is 0. The lowest BCUT2D eigenvalue weighted by molar-refractivity contribution is 0.0464. The maximum absolute atomic E-state index is 14.0. The van der Waals surface area contributed by atoms with Crippen molar-refractivity contribution in [3.8, 4) is 0 Å². The molecule has 1 amide bonds. The van der Waals surface area contributed by atoms with Crippen LogP contribution >= 0.6 is 0 Å². The fourth-order valence-electron chi connectivity index (χ4n) is 6.07. The Morgan fingerprint density at radius 2 is 0.843 bits per heavy atom. The molecule has 0 saturated heterocycles. The summed E-state index contributed by atoms with van der Waals surface area (Å²) < 4.78 is 11.2. The number of esters is 2. The van der Waals surface area contributed by atoms with Gasteiger partial charge in [0, 0.05) is 18.7 Å². The molecule has 6 nitrogen and oxygen atoms in total. The van der Waals surface area contributed by atoms with Crippen molar-refractivity contribution in [1.29, 1.82) is 0 Å². The van der Waals surface area contributed by atoms with Gasteiger partial charge in [0.25, 0.3) is 5.91 Å². The van der Waals surface area contributed by atoms with E-state index in [0.29, 0.717) is 29.8 Å². The van der Waals surface area contributed by atoms with Crippen molar-refractivity contribution >= 4 is 17.8 Å². The molecule has 5 rings (SSSR count). The van der Waals surface area contributed by atoms with E-state index < -0.39 is 0 Å². The number of hydrogen-bond acceptors (Lipinski definition) is 5. The first-order valence-corrected chi connectivity index (χ1v) is 17.3. The average Bonchev–Trinajstić information content (AvgIpc) is 3.09. The Hall–Kier alpha value is -5.49. The van der Waals surface area contributed by atoms with Crippen molar-refractivity contribution in [2.45, 2.75) is 80.2 Å². The van der Waals surface area contributed by atoms with Crippen molar-refractivity contribution in [2.24, 2.45) is 0 Å². The van der Waals surface area contributed by atoms with E-state index in [1.54, 1.807) is 0 Å². The molecule has 6 heteroatoms. The van der Waals surface area contributed by atoms with E-state index in [1.807, 2.05) is 142 Å². The van der Waals surface area contributed by atoms with Gasteiger partial charge in [0.1, 0.15) is 13.2 Å². The summed E-state index contributed by atoms with van der Waals surface area (Å²) in [7, 11) is 0. The normalized spacial score (nSPS) is 11.2. The fraction of sp³-hybridized carbons (Fsp3) is 0.267. The zero-order chi connectivity index (χ0) is 36.7. The van der Waals surface area contributed by atoms with Gasteiger partial charge in [0.05, 0.1) is 11.1 Å². The first-order valence-electron chi connectivity index (χ1n) is 17.3. The van der Waals surface area contributed by atoms with Gasteiger partial charge in [-0.2, -0.15) is 0 Å². The molecule has 0 fully saturated rings. The molecule has 5 aromatic rings. The van der Waals surface area contributed by atoms with Crippen molar-refractivity contribution in [3.63, 3.8) is 0 Å². The SMILES string of the molecule is Cc1cc(C)cc(C(=O)OCc2ccc(CN(Cc3ccc(COC(=O)c4cc(C)cc(C)c4)cc3)C(=O)c3ccc(C(C)(C)C)cc3)cc2)c1. The lowest BCUT2D eigenvalue weighted by atomic mass is 9.86. The van der Waals surface area contributed by atoms with Crippen LogP contribution in [0.15, 0.2) is 109 Å². The molecule has 0 unspecified atom stereocenters. The number of rotatable bonds is 11. The predicted molar refractivity (Wildman–Crippen MR) is 202 cm³/mol. The Bertz CT molecular complexity index is 1850. The van der Waals surface area contributed by atoms with E-state index in [4.69, 9.17) is 9.47 Å². The van der Waals surface area contributed by atoms with Crippen molar-refractivity contribution in [1.82, 2.24) is 4.90 Å². The molecule has 0 saturated carbocycles. The van der Waals surface area contributed by atoms with Crippen LogP contribution in [0.4, 0.5) is 0 Å². The lowest BCUT2D eigenvalue weighted by Crippen LogP contribution is -2.30. The Morgan fingerprint density at radius 3 is 1.20 bits per heavy atom. The highest BCUT2D eigenvalue weighted by molar-refractivity contribution is 5.94. The number of carbonyl (C=O) groups excluding carboxylic acids is 3. The highest BCUT2D eigenvalue weighted by Crippen LogP contribution is 2.24. The van der Waals surface area contributed by atoms with Crippen LogP contribution in [0.2, 0.25) is 0 Å². The molecule has 0 heterocycles. The number of benzene rings is 5. The van der Waals surface area contributed by atoms with E-state index >= 15 is 0 Å².